The van der Waals surface area contributed by atoms with E-state index in [0.29, 0.717) is 10.6 Å². The van der Waals surface area contributed by atoms with Crippen molar-refractivity contribution in [2.24, 2.45) is 0 Å². The van der Waals surface area contributed by atoms with Gasteiger partial charge in [-0.1, -0.05) is 6.92 Å². The third kappa shape index (κ3) is 1.59. The van der Waals surface area contributed by atoms with Gasteiger partial charge >= 0.3 is 0 Å². The van der Waals surface area contributed by atoms with Crippen LogP contribution in [0.4, 0.5) is 0 Å². The molecule has 13 heavy (non-hydrogen) atoms. The van der Waals surface area contributed by atoms with E-state index in [2.05, 4.69) is 10.2 Å². The van der Waals surface area contributed by atoms with Gasteiger partial charge in [-0.05, 0) is 25.6 Å². The van der Waals surface area contributed by atoms with E-state index < -0.39 is 5.60 Å². The van der Waals surface area contributed by atoms with Crippen molar-refractivity contribution in [3.8, 4) is 0 Å². The molecular formula is C7H14N4OS. The number of nitrogens with two attached hydrogens (primary N) is 1. The number of hydrogen-bond acceptors (Lipinski definition) is 4. The normalized spacial score (nSPS) is 15.6. The van der Waals surface area contributed by atoms with Gasteiger partial charge in [0, 0.05) is 7.11 Å². The van der Waals surface area contributed by atoms with Crippen LogP contribution in [0.1, 0.15) is 26.1 Å². The zero-order valence-electron chi connectivity index (χ0n) is 8.00. The van der Waals surface area contributed by atoms with E-state index >= 15 is 0 Å². The van der Waals surface area contributed by atoms with Gasteiger partial charge in [-0.3, -0.25) is 5.10 Å². The highest BCUT2D eigenvalue weighted by Crippen LogP contribution is 2.25. The van der Waals surface area contributed by atoms with Crippen molar-refractivity contribution in [2.45, 2.75) is 25.9 Å². The average molecular weight is 202 g/mol. The van der Waals surface area contributed by atoms with Gasteiger partial charge in [0.2, 0.25) is 4.77 Å². The third-order valence-electron chi connectivity index (χ3n) is 2.30. The largest absolute Gasteiger partial charge is 0.370 e. The van der Waals surface area contributed by atoms with Crippen LogP contribution in [-0.2, 0) is 10.3 Å². The molecule has 0 aliphatic heterocycles. The summed E-state index contributed by atoms with van der Waals surface area (Å²) in [6.45, 7) is 3.92. The Balaban J connectivity index is 3.20. The molecule has 1 unspecified atom stereocenters. The maximum atomic E-state index is 5.68. The van der Waals surface area contributed by atoms with Crippen LogP contribution >= 0.6 is 12.2 Å². The Hall–Kier alpha value is -0.880. The van der Waals surface area contributed by atoms with E-state index in [1.807, 2.05) is 13.8 Å². The minimum absolute atomic E-state index is 0.395. The average Bonchev–Trinajstić information content (AvgIpc) is 2.47. The summed E-state index contributed by atoms with van der Waals surface area (Å²) in [5.74, 6) is 6.29. The molecule has 1 heterocycles. The topological polar surface area (TPSA) is 68.9 Å². The zero-order chi connectivity index (χ0) is 10.1. The number of nitrogens with zero attached hydrogens (tertiary/aromatic N) is 2. The minimum Gasteiger partial charge on any atom is -0.370 e. The third-order valence-corrected chi connectivity index (χ3v) is 2.59. The lowest BCUT2D eigenvalue weighted by atomic mass is 10.0. The number of ether oxygens (including phenoxy) is 1. The van der Waals surface area contributed by atoms with Gasteiger partial charge < -0.3 is 10.6 Å². The Morgan fingerprint density at radius 3 is 2.69 bits per heavy atom. The van der Waals surface area contributed by atoms with Gasteiger partial charge in [0.25, 0.3) is 0 Å². The first kappa shape index (κ1) is 10.2. The first-order valence-electron chi connectivity index (χ1n) is 4.03. The van der Waals surface area contributed by atoms with Gasteiger partial charge in [0.05, 0.1) is 0 Å². The number of methoxy groups -OCH3 is 1. The quantitative estimate of drug-likeness (QED) is 0.565. The molecule has 0 saturated heterocycles. The van der Waals surface area contributed by atoms with E-state index in [4.69, 9.17) is 22.8 Å². The number of aromatic amines is 1. The molecule has 0 radical (unpaired) electrons. The zero-order valence-corrected chi connectivity index (χ0v) is 8.81. The molecule has 1 rings (SSSR count). The van der Waals surface area contributed by atoms with Crippen molar-refractivity contribution in [2.75, 3.05) is 13.0 Å². The summed E-state index contributed by atoms with van der Waals surface area (Å²) in [7, 11) is 1.63. The number of aromatic nitrogens is 3. The van der Waals surface area contributed by atoms with Crippen molar-refractivity contribution in [3.05, 3.63) is 10.6 Å². The lowest BCUT2D eigenvalue weighted by Gasteiger charge is -2.24. The standard InChI is InChI=1S/C7H14N4OS/c1-4-7(2,12-3)5-9-10-6(13)11(5)8/h4,8H2,1-3H3,(H,10,13). The second kappa shape index (κ2) is 3.47. The maximum absolute atomic E-state index is 5.68. The first-order chi connectivity index (χ1) is 6.05. The van der Waals surface area contributed by atoms with Crippen LogP contribution in [0.25, 0.3) is 0 Å². The molecule has 6 heteroatoms. The Kier molecular flexibility index (Phi) is 2.72. The molecule has 0 aliphatic rings. The van der Waals surface area contributed by atoms with Crippen LogP contribution < -0.4 is 5.84 Å². The molecule has 5 nitrogen and oxygen atoms in total. The molecule has 0 bridgehead atoms. The van der Waals surface area contributed by atoms with Crippen LogP contribution in [0.15, 0.2) is 0 Å². The van der Waals surface area contributed by atoms with Crippen molar-refractivity contribution in [1.82, 2.24) is 14.9 Å². The van der Waals surface area contributed by atoms with E-state index in [1.165, 1.54) is 4.68 Å². The van der Waals surface area contributed by atoms with Gasteiger partial charge in [0.1, 0.15) is 5.60 Å². The molecule has 3 N–H and O–H groups in total. The first-order valence-corrected chi connectivity index (χ1v) is 4.44. The number of hydrogen-bond donors (Lipinski definition) is 2. The van der Waals surface area contributed by atoms with E-state index in [9.17, 15) is 0 Å². The highest BCUT2D eigenvalue weighted by molar-refractivity contribution is 7.71. The Bertz CT molecular complexity index is 339. The van der Waals surface area contributed by atoms with Gasteiger partial charge in [-0.15, -0.1) is 0 Å². The summed E-state index contributed by atoms with van der Waals surface area (Å²) >= 11 is 4.90. The maximum Gasteiger partial charge on any atom is 0.214 e. The lowest BCUT2D eigenvalue weighted by Crippen LogP contribution is -2.30. The van der Waals surface area contributed by atoms with Crippen LogP contribution in [0.3, 0.4) is 0 Å². The molecule has 0 fully saturated rings. The predicted octanol–water partition coefficient (Wildman–Crippen LogP) is 0.926. The van der Waals surface area contributed by atoms with Gasteiger partial charge in [-0.25, -0.2) is 4.68 Å². The Morgan fingerprint density at radius 1 is 1.77 bits per heavy atom. The van der Waals surface area contributed by atoms with Gasteiger partial charge in [-0.2, -0.15) is 5.10 Å². The Labute approximate surface area is 81.9 Å². The van der Waals surface area contributed by atoms with Crippen LogP contribution in [0, 0.1) is 4.77 Å². The van der Waals surface area contributed by atoms with E-state index in [1.54, 1.807) is 7.11 Å². The number of H-pyrrole nitrogens is 1. The van der Waals surface area contributed by atoms with Gasteiger partial charge in [0.15, 0.2) is 5.82 Å². The molecule has 0 aromatic carbocycles. The molecule has 0 amide bonds. The minimum atomic E-state index is -0.484. The predicted molar refractivity (Wildman–Crippen MR) is 52.2 cm³/mol. The second-order valence-electron chi connectivity index (χ2n) is 3.01. The number of nitrogens with one attached hydrogen (secondary N) is 1. The fraction of sp³-hybridized carbons (Fsp3) is 0.714. The summed E-state index contributed by atoms with van der Waals surface area (Å²) in [6, 6.07) is 0. The fourth-order valence-electron chi connectivity index (χ4n) is 1.07. The van der Waals surface area contributed by atoms with Crippen molar-refractivity contribution < 1.29 is 4.74 Å². The number of rotatable bonds is 3. The molecule has 1 aromatic heterocycles. The van der Waals surface area contributed by atoms with E-state index in [-0.39, 0.29) is 0 Å². The van der Waals surface area contributed by atoms with E-state index in [0.717, 1.165) is 6.42 Å². The molecule has 0 spiro atoms. The second-order valence-corrected chi connectivity index (χ2v) is 3.40. The summed E-state index contributed by atoms with van der Waals surface area (Å²) < 4.78 is 7.07. The fourth-order valence-corrected chi connectivity index (χ4v) is 1.20. The smallest absolute Gasteiger partial charge is 0.214 e. The van der Waals surface area contributed by atoms with Crippen LogP contribution in [0.5, 0.6) is 0 Å². The molecule has 1 atom stereocenters. The highest BCUT2D eigenvalue weighted by Gasteiger charge is 2.29. The summed E-state index contributed by atoms with van der Waals surface area (Å²) in [4.78, 5) is 0. The van der Waals surface area contributed by atoms with Crippen molar-refractivity contribution >= 4 is 12.2 Å². The molecule has 1 aromatic rings. The molecular weight excluding hydrogens is 188 g/mol. The molecule has 0 aliphatic carbocycles. The molecule has 74 valence electrons. The SMILES string of the molecule is CCC(C)(OC)c1n[nH]c(=S)n1N. The molecule has 0 saturated carbocycles. The van der Waals surface area contributed by atoms with Crippen LogP contribution in [0.2, 0.25) is 0 Å². The van der Waals surface area contributed by atoms with Crippen molar-refractivity contribution in [3.63, 3.8) is 0 Å². The summed E-state index contributed by atoms with van der Waals surface area (Å²) in [6.07, 6.45) is 0.778. The lowest BCUT2D eigenvalue weighted by molar-refractivity contribution is -0.0109. The summed E-state index contributed by atoms with van der Waals surface area (Å²) in [5.41, 5.74) is -0.484. The monoisotopic (exact) mass is 202 g/mol. The Morgan fingerprint density at radius 2 is 2.38 bits per heavy atom. The summed E-state index contributed by atoms with van der Waals surface area (Å²) in [5, 5.41) is 6.65. The van der Waals surface area contributed by atoms with Crippen molar-refractivity contribution in [1.29, 1.82) is 0 Å². The van der Waals surface area contributed by atoms with Crippen LogP contribution in [-0.4, -0.2) is 22.0 Å². The highest BCUT2D eigenvalue weighted by atomic mass is 32.1. The number of nitrogen functional groups attached to an aromatic ring is 1.